The molecule has 3 aromatic rings. The Morgan fingerprint density at radius 2 is 1.90 bits per heavy atom. The molecule has 2 heterocycles. The Morgan fingerprint density at radius 1 is 1.14 bits per heavy atom. The van der Waals surface area contributed by atoms with Gasteiger partial charge in [-0.25, -0.2) is 4.98 Å². The van der Waals surface area contributed by atoms with Crippen LogP contribution in [0, 0.1) is 0 Å². The van der Waals surface area contributed by atoms with Gasteiger partial charge in [0, 0.05) is 29.4 Å². The van der Waals surface area contributed by atoms with Gasteiger partial charge >= 0.3 is 0 Å². The third-order valence-electron chi connectivity index (χ3n) is 3.33. The van der Waals surface area contributed by atoms with E-state index in [1.807, 2.05) is 13.1 Å². The minimum absolute atomic E-state index is 0.429. The Kier molecular flexibility index (Phi) is 3.94. The largest absolute Gasteiger partial charge is 0.315 e. The van der Waals surface area contributed by atoms with Gasteiger partial charge in [-0.2, -0.15) is 0 Å². The molecule has 4 nitrogen and oxygen atoms in total. The van der Waals surface area contributed by atoms with Crippen LogP contribution in [0.15, 0.2) is 30.6 Å². The summed E-state index contributed by atoms with van der Waals surface area (Å²) in [5.74, 6) is 0.429. The van der Waals surface area contributed by atoms with E-state index in [1.54, 1.807) is 23.7 Å². The third-order valence-corrected chi connectivity index (χ3v) is 4.45. The SMILES string of the molecule is CNCc1sc(-c2ccc3nccnc3c2)nc1C(C)C. The molecular weight excluding hydrogens is 280 g/mol. The van der Waals surface area contributed by atoms with E-state index in [-0.39, 0.29) is 0 Å². The summed E-state index contributed by atoms with van der Waals surface area (Å²) in [5, 5.41) is 4.27. The van der Waals surface area contributed by atoms with Crippen LogP contribution in [0.5, 0.6) is 0 Å². The topological polar surface area (TPSA) is 50.7 Å². The molecule has 1 N–H and O–H groups in total. The summed E-state index contributed by atoms with van der Waals surface area (Å²) in [6.45, 7) is 5.23. The lowest BCUT2D eigenvalue weighted by Crippen LogP contribution is -2.06. The Balaban J connectivity index is 2.07. The maximum Gasteiger partial charge on any atom is 0.124 e. The molecule has 0 atom stereocenters. The average molecular weight is 298 g/mol. The highest BCUT2D eigenvalue weighted by molar-refractivity contribution is 7.15. The van der Waals surface area contributed by atoms with Crippen LogP contribution < -0.4 is 5.32 Å². The lowest BCUT2D eigenvalue weighted by Gasteiger charge is -2.03. The minimum atomic E-state index is 0.429. The fraction of sp³-hybridized carbons (Fsp3) is 0.312. The van der Waals surface area contributed by atoms with Crippen LogP contribution in [0.25, 0.3) is 21.6 Å². The van der Waals surface area contributed by atoms with Crippen LogP contribution >= 0.6 is 11.3 Å². The molecule has 0 aliphatic heterocycles. The van der Waals surface area contributed by atoms with Crippen LogP contribution in [0.3, 0.4) is 0 Å². The number of benzene rings is 1. The van der Waals surface area contributed by atoms with E-state index >= 15 is 0 Å². The highest BCUT2D eigenvalue weighted by Gasteiger charge is 2.15. The summed E-state index contributed by atoms with van der Waals surface area (Å²) < 4.78 is 0. The third kappa shape index (κ3) is 2.80. The molecule has 0 unspecified atom stereocenters. The summed E-state index contributed by atoms with van der Waals surface area (Å²) in [7, 11) is 1.97. The number of hydrogen-bond donors (Lipinski definition) is 1. The predicted octanol–water partition coefficient (Wildman–Crippen LogP) is 3.60. The summed E-state index contributed by atoms with van der Waals surface area (Å²) in [6, 6.07) is 6.14. The van der Waals surface area contributed by atoms with Crippen molar-refractivity contribution < 1.29 is 0 Å². The maximum absolute atomic E-state index is 4.84. The van der Waals surface area contributed by atoms with E-state index < -0.39 is 0 Å². The molecule has 0 aliphatic carbocycles. The average Bonchev–Trinajstić information content (AvgIpc) is 2.91. The van der Waals surface area contributed by atoms with Gasteiger partial charge in [-0.1, -0.05) is 13.8 Å². The van der Waals surface area contributed by atoms with Crippen molar-refractivity contribution in [3.63, 3.8) is 0 Å². The molecule has 108 valence electrons. The van der Waals surface area contributed by atoms with Gasteiger partial charge in [0.05, 0.1) is 16.7 Å². The van der Waals surface area contributed by atoms with Gasteiger partial charge in [0.25, 0.3) is 0 Å². The van der Waals surface area contributed by atoms with Crippen molar-refractivity contribution in [2.75, 3.05) is 7.05 Å². The Hall–Kier alpha value is -1.85. The highest BCUT2D eigenvalue weighted by Crippen LogP contribution is 2.32. The lowest BCUT2D eigenvalue weighted by atomic mass is 10.1. The smallest absolute Gasteiger partial charge is 0.124 e. The highest BCUT2D eigenvalue weighted by atomic mass is 32.1. The van der Waals surface area contributed by atoms with Crippen LogP contribution in [-0.2, 0) is 6.54 Å². The van der Waals surface area contributed by atoms with E-state index in [2.05, 4.69) is 41.3 Å². The van der Waals surface area contributed by atoms with Crippen molar-refractivity contribution in [3.8, 4) is 10.6 Å². The first-order valence-corrected chi connectivity index (χ1v) is 7.86. The number of thiazole rings is 1. The summed E-state index contributed by atoms with van der Waals surface area (Å²) >= 11 is 1.75. The molecule has 3 rings (SSSR count). The number of nitrogens with zero attached hydrogens (tertiary/aromatic N) is 3. The Labute approximate surface area is 128 Å². The molecule has 0 saturated carbocycles. The van der Waals surface area contributed by atoms with Gasteiger partial charge in [-0.05, 0) is 31.2 Å². The van der Waals surface area contributed by atoms with Crippen molar-refractivity contribution >= 4 is 22.4 Å². The molecule has 0 radical (unpaired) electrons. The summed E-state index contributed by atoms with van der Waals surface area (Å²) in [6.07, 6.45) is 3.44. The number of aromatic nitrogens is 3. The quantitative estimate of drug-likeness (QED) is 0.799. The molecule has 0 bridgehead atoms. The lowest BCUT2D eigenvalue weighted by molar-refractivity contribution is 0.771. The molecule has 21 heavy (non-hydrogen) atoms. The molecule has 0 aliphatic rings. The Morgan fingerprint density at radius 3 is 2.62 bits per heavy atom. The van der Waals surface area contributed by atoms with Gasteiger partial charge in [0.1, 0.15) is 5.01 Å². The van der Waals surface area contributed by atoms with Crippen molar-refractivity contribution in [2.24, 2.45) is 0 Å². The second-order valence-corrected chi connectivity index (χ2v) is 6.36. The summed E-state index contributed by atoms with van der Waals surface area (Å²) in [5.41, 5.74) is 4.12. The zero-order chi connectivity index (χ0) is 14.8. The van der Waals surface area contributed by atoms with Crippen LogP contribution in [0.1, 0.15) is 30.3 Å². The first-order valence-electron chi connectivity index (χ1n) is 7.04. The molecule has 0 saturated heterocycles. The van der Waals surface area contributed by atoms with E-state index in [0.717, 1.165) is 28.1 Å². The first-order chi connectivity index (χ1) is 10.2. The van der Waals surface area contributed by atoms with Gasteiger partial charge in [-0.3, -0.25) is 9.97 Å². The minimum Gasteiger partial charge on any atom is -0.315 e. The number of nitrogens with one attached hydrogen (secondary N) is 1. The number of hydrogen-bond acceptors (Lipinski definition) is 5. The van der Waals surface area contributed by atoms with Gasteiger partial charge < -0.3 is 5.32 Å². The number of rotatable bonds is 4. The molecular formula is C16H18N4S. The van der Waals surface area contributed by atoms with Crippen molar-refractivity contribution in [1.82, 2.24) is 20.3 Å². The van der Waals surface area contributed by atoms with Gasteiger partial charge in [-0.15, -0.1) is 11.3 Å². The van der Waals surface area contributed by atoms with Gasteiger partial charge in [0.2, 0.25) is 0 Å². The molecule has 2 aromatic heterocycles. The van der Waals surface area contributed by atoms with Gasteiger partial charge in [0.15, 0.2) is 0 Å². The van der Waals surface area contributed by atoms with E-state index in [4.69, 9.17) is 4.98 Å². The second-order valence-electron chi connectivity index (χ2n) is 5.27. The summed E-state index contributed by atoms with van der Waals surface area (Å²) in [4.78, 5) is 14.8. The molecule has 0 spiro atoms. The number of fused-ring (bicyclic) bond motifs is 1. The predicted molar refractivity (Wildman–Crippen MR) is 87.5 cm³/mol. The first kappa shape index (κ1) is 14.1. The van der Waals surface area contributed by atoms with Crippen LogP contribution in [0.2, 0.25) is 0 Å². The van der Waals surface area contributed by atoms with Crippen LogP contribution in [0.4, 0.5) is 0 Å². The zero-order valence-electron chi connectivity index (χ0n) is 12.4. The van der Waals surface area contributed by atoms with Crippen molar-refractivity contribution in [2.45, 2.75) is 26.3 Å². The fourth-order valence-corrected chi connectivity index (χ4v) is 3.55. The van der Waals surface area contributed by atoms with Crippen molar-refractivity contribution in [3.05, 3.63) is 41.2 Å². The second kappa shape index (κ2) is 5.87. The van der Waals surface area contributed by atoms with Crippen molar-refractivity contribution in [1.29, 1.82) is 0 Å². The molecule has 5 heteroatoms. The fourth-order valence-electron chi connectivity index (χ4n) is 2.32. The molecule has 1 aromatic carbocycles. The standard InChI is InChI=1S/C16H18N4S/c1-10(2)15-14(9-17-3)21-16(20-15)11-4-5-12-13(8-11)19-7-6-18-12/h4-8,10,17H,9H2,1-3H3. The maximum atomic E-state index is 4.84. The molecule has 0 fully saturated rings. The zero-order valence-corrected chi connectivity index (χ0v) is 13.2. The monoisotopic (exact) mass is 298 g/mol. The van der Waals surface area contributed by atoms with E-state index in [9.17, 15) is 0 Å². The van der Waals surface area contributed by atoms with E-state index in [0.29, 0.717) is 5.92 Å². The normalized spacial score (nSPS) is 11.4. The van der Waals surface area contributed by atoms with E-state index in [1.165, 1.54) is 10.6 Å². The van der Waals surface area contributed by atoms with Crippen LogP contribution in [-0.4, -0.2) is 22.0 Å². The molecule has 0 amide bonds. The Bertz CT molecular complexity index is 764.